The number of carboxylic acids is 1. The van der Waals surface area contributed by atoms with Crippen molar-refractivity contribution >= 4 is 11.9 Å². The van der Waals surface area contributed by atoms with E-state index in [1.807, 2.05) is 0 Å². The molecule has 0 heterocycles. The van der Waals surface area contributed by atoms with Crippen LogP contribution in [-0.2, 0) is 14.7 Å². The first-order valence-corrected chi connectivity index (χ1v) is 3.03. The largest absolute Gasteiger partial charge is 0.481 e. The van der Waals surface area contributed by atoms with E-state index in [2.05, 4.69) is 0 Å². The third-order valence-electron chi connectivity index (χ3n) is 1.16. The van der Waals surface area contributed by atoms with Crippen LogP contribution in [0.25, 0.3) is 0 Å². The maximum Gasteiger partial charge on any atom is 0.369 e. The average Bonchev–Trinajstić information content (AvgIpc) is 1.81. The van der Waals surface area contributed by atoms with Crippen molar-refractivity contribution in [3.05, 3.63) is 0 Å². The number of hydrogen-bond donors (Lipinski definition) is 1. The quantitative estimate of drug-likeness (QED) is 0.583. The van der Waals surface area contributed by atoms with Gasteiger partial charge in [-0.2, -0.15) is 0 Å². The van der Waals surface area contributed by atoms with Crippen molar-refractivity contribution in [1.29, 1.82) is 0 Å². The maximum atomic E-state index is 10.1. The summed E-state index contributed by atoms with van der Waals surface area (Å²) in [6.45, 7) is 1.72. The molecule has 57 valence electrons. The van der Waals surface area contributed by atoms with Gasteiger partial charge in [0, 0.05) is 0 Å². The predicted octanol–water partition coefficient (Wildman–Crippen LogP) is 0.444. The van der Waals surface area contributed by atoms with Gasteiger partial charge in [0.05, 0.1) is 0 Å². The molecule has 0 saturated heterocycles. The summed E-state index contributed by atoms with van der Waals surface area (Å²) in [6.07, 6.45) is 0.669. The topological polar surface area (TPSA) is 74.3 Å². The number of rotatable bonds is 4. The Kier molecular flexibility index (Phi) is 3.46. The molecule has 0 aromatic carbocycles. The fourth-order valence-electron chi connectivity index (χ4n) is 0.631. The molecule has 1 atom stereocenters. The Morgan fingerprint density at radius 1 is 1.50 bits per heavy atom. The number of aliphatic carboxylic acids is 1. The zero-order valence-corrected chi connectivity index (χ0v) is 5.66. The summed E-state index contributed by atoms with van der Waals surface area (Å²) < 4.78 is 0. The number of carbonyl (C=O) groups excluding carboxylic acids is 1. The Bertz CT molecular complexity index is 127. The van der Waals surface area contributed by atoms with E-state index in [9.17, 15) is 14.7 Å². The van der Waals surface area contributed by atoms with Gasteiger partial charge in [0.15, 0.2) is 5.92 Å². The van der Waals surface area contributed by atoms with Crippen molar-refractivity contribution in [2.24, 2.45) is 5.92 Å². The number of carboxylic acid groups (broad SMARTS) is 1. The maximum absolute atomic E-state index is 10.1. The van der Waals surface area contributed by atoms with Crippen molar-refractivity contribution in [2.75, 3.05) is 0 Å². The summed E-state index contributed by atoms with van der Waals surface area (Å²) in [6, 6.07) is 0. The summed E-state index contributed by atoms with van der Waals surface area (Å²) in [5.41, 5.74) is 0. The highest BCUT2D eigenvalue weighted by molar-refractivity contribution is 5.92. The molecule has 0 aliphatic heterocycles. The third-order valence-corrected chi connectivity index (χ3v) is 1.16. The van der Waals surface area contributed by atoms with Gasteiger partial charge in [0.2, 0.25) is 0 Å². The van der Waals surface area contributed by atoms with Gasteiger partial charge < -0.3 is 5.11 Å². The lowest BCUT2D eigenvalue weighted by Gasteiger charge is -2.00. The first-order valence-electron chi connectivity index (χ1n) is 3.03. The monoisotopic (exact) mass is 145 g/mol. The minimum atomic E-state index is -1.51. The van der Waals surface area contributed by atoms with Gasteiger partial charge in [0.25, 0.3) is 0 Å². The fraction of sp³-hybridized carbons (Fsp3) is 0.667. The van der Waals surface area contributed by atoms with Crippen LogP contribution in [0, 0.1) is 5.92 Å². The number of hydrogen-bond acceptors (Lipinski definition) is 2. The van der Waals surface area contributed by atoms with Crippen LogP contribution in [0.2, 0.25) is 0 Å². The summed E-state index contributed by atoms with van der Waals surface area (Å²) in [5.74, 6) is -4.17. The standard InChI is InChI=1S/C6H9O4/c1-2-3-4(5(7)8)6(9)10/h4H,2-3H2,1H3,(H,7,8). The second-order valence-electron chi connectivity index (χ2n) is 2.00. The summed E-state index contributed by atoms with van der Waals surface area (Å²) >= 11 is 0. The van der Waals surface area contributed by atoms with Gasteiger partial charge in [-0.3, -0.25) is 4.79 Å². The van der Waals surface area contributed by atoms with Gasteiger partial charge in [-0.1, -0.05) is 13.3 Å². The molecule has 0 bridgehead atoms. The van der Waals surface area contributed by atoms with E-state index in [1.54, 1.807) is 6.92 Å². The molecular weight excluding hydrogens is 136 g/mol. The van der Waals surface area contributed by atoms with Crippen LogP contribution in [0.5, 0.6) is 0 Å². The summed E-state index contributed by atoms with van der Waals surface area (Å²) in [5, 5.41) is 18.3. The lowest BCUT2D eigenvalue weighted by molar-refractivity contribution is -0.158. The van der Waals surface area contributed by atoms with E-state index < -0.39 is 17.9 Å². The molecule has 1 radical (unpaired) electrons. The van der Waals surface area contributed by atoms with Gasteiger partial charge in [-0.05, 0) is 6.42 Å². The van der Waals surface area contributed by atoms with E-state index in [-0.39, 0.29) is 6.42 Å². The normalized spacial score (nSPS) is 9.80. The van der Waals surface area contributed by atoms with Crippen molar-refractivity contribution in [3.63, 3.8) is 0 Å². The number of carbonyl (C=O) groups is 2. The molecule has 1 unspecified atom stereocenters. The van der Waals surface area contributed by atoms with Crippen LogP contribution in [0.15, 0.2) is 0 Å². The predicted molar refractivity (Wildman–Crippen MR) is 31.7 cm³/mol. The molecule has 10 heavy (non-hydrogen) atoms. The molecular formula is C6H9O4. The van der Waals surface area contributed by atoms with Crippen molar-refractivity contribution in [1.82, 2.24) is 0 Å². The van der Waals surface area contributed by atoms with E-state index in [0.29, 0.717) is 6.42 Å². The Morgan fingerprint density at radius 3 is 2.10 bits per heavy atom. The molecule has 0 spiro atoms. The molecule has 0 amide bonds. The van der Waals surface area contributed by atoms with Crippen molar-refractivity contribution in [3.8, 4) is 0 Å². The third kappa shape index (κ3) is 2.48. The van der Waals surface area contributed by atoms with Crippen molar-refractivity contribution < 1.29 is 19.8 Å². The molecule has 0 aromatic rings. The first-order chi connectivity index (χ1) is 4.59. The van der Waals surface area contributed by atoms with Crippen LogP contribution in [0.1, 0.15) is 19.8 Å². The van der Waals surface area contributed by atoms with Crippen molar-refractivity contribution in [2.45, 2.75) is 19.8 Å². The smallest absolute Gasteiger partial charge is 0.369 e. The van der Waals surface area contributed by atoms with Crippen LogP contribution in [-0.4, -0.2) is 17.0 Å². The highest BCUT2D eigenvalue weighted by Gasteiger charge is 2.25. The molecule has 0 aromatic heterocycles. The second kappa shape index (κ2) is 3.87. The molecule has 4 heteroatoms. The van der Waals surface area contributed by atoms with Crippen LogP contribution in [0.4, 0.5) is 0 Å². The molecule has 0 aliphatic carbocycles. The Labute approximate surface area is 58.5 Å². The summed E-state index contributed by atoms with van der Waals surface area (Å²) in [7, 11) is 0. The minimum absolute atomic E-state index is 0.137. The van der Waals surface area contributed by atoms with E-state index in [4.69, 9.17) is 5.11 Å². The first kappa shape index (κ1) is 8.94. The van der Waals surface area contributed by atoms with Crippen LogP contribution in [0.3, 0.4) is 0 Å². The van der Waals surface area contributed by atoms with E-state index in [1.165, 1.54) is 0 Å². The fourth-order valence-corrected chi connectivity index (χ4v) is 0.631. The zero-order chi connectivity index (χ0) is 8.15. The van der Waals surface area contributed by atoms with Crippen LogP contribution < -0.4 is 0 Å². The van der Waals surface area contributed by atoms with Gasteiger partial charge in [-0.25, -0.2) is 9.90 Å². The Balaban J connectivity index is 3.98. The molecule has 0 fully saturated rings. The lowest BCUT2D eigenvalue weighted by atomic mass is 10.1. The lowest BCUT2D eigenvalue weighted by Crippen LogP contribution is -2.21. The second-order valence-corrected chi connectivity index (χ2v) is 2.00. The van der Waals surface area contributed by atoms with Gasteiger partial charge >= 0.3 is 11.9 Å². The van der Waals surface area contributed by atoms with Gasteiger partial charge in [-0.15, -0.1) is 0 Å². The Hall–Kier alpha value is -1.06. The average molecular weight is 145 g/mol. The highest BCUT2D eigenvalue weighted by atomic mass is 16.4. The molecule has 0 saturated carbocycles. The Morgan fingerprint density at radius 2 is 2.00 bits per heavy atom. The highest BCUT2D eigenvalue weighted by Crippen LogP contribution is 2.06. The van der Waals surface area contributed by atoms with E-state index >= 15 is 0 Å². The van der Waals surface area contributed by atoms with Gasteiger partial charge in [0.1, 0.15) is 0 Å². The minimum Gasteiger partial charge on any atom is -0.481 e. The molecule has 0 rings (SSSR count). The SMILES string of the molecule is CCCC(C([O])=O)C(=O)O. The molecule has 1 N–H and O–H groups in total. The van der Waals surface area contributed by atoms with Crippen LogP contribution >= 0.6 is 0 Å². The molecule has 4 nitrogen and oxygen atoms in total. The zero-order valence-electron chi connectivity index (χ0n) is 5.66. The summed E-state index contributed by atoms with van der Waals surface area (Å²) in [4.78, 5) is 20.1. The molecule has 0 aliphatic rings. The van der Waals surface area contributed by atoms with E-state index in [0.717, 1.165) is 0 Å².